The Morgan fingerprint density at radius 1 is 1.15 bits per heavy atom. The number of amides is 1. The molecule has 2 heterocycles. The molecule has 6 heteroatoms. The van der Waals surface area contributed by atoms with Crippen LogP contribution in [0.5, 0.6) is 0 Å². The molecule has 146 valence electrons. The van der Waals surface area contributed by atoms with Gasteiger partial charge in [0.1, 0.15) is 11.1 Å². The molecule has 2 aliphatic carbocycles. The second kappa shape index (κ2) is 8.20. The maximum Gasteiger partial charge on any atom is 0.226 e. The molecule has 27 heavy (non-hydrogen) atoms. The molecule has 3 atom stereocenters. The summed E-state index contributed by atoms with van der Waals surface area (Å²) in [7, 11) is 0. The van der Waals surface area contributed by atoms with Crippen LogP contribution in [-0.4, -0.2) is 36.2 Å². The number of thiophene rings is 1. The van der Waals surface area contributed by atoms with E-state index in [2.05, 4.69) is 16.3 Å². The molecule has 0 spiro atoms. The summed E-state index contributed by atoms with van der Waals surface area (Å²) >= 11 is 1.79. The fraction of sp³-hybridized carbons (Fsp3) is 0.714. The Bertz CT molecular complexity index is 739. The number of nitriles is 1. The van der Waals surface area contributed by atoms with E-state index < -0.39 is 6.10 Å². The molecule has 0 radical (unpaired) electrons. The average Bonchev–Trinajstić information content (AvgIpc) is 3.21. The predicted octanol–water partition coefficient (Wildman–Crippen LogP) is 3.13. The van der Waals surface area contributed by atoms with Crippen molar-refractivity contribution in [1.82, 2.24) is 5.32 Å². The summed E-state index contributed by atoms with van der Waals surface area (Å²) in [6.45, 7) is 1.65. The van der Waals surface area contributed by atoms with Crippen molar-refractivity contribution in [3.8, 4) is 6.07 Å². The van der Waals surface area contributed by atoms with Crippen molar-refractivity contribution in [2.75, 3.05) is 18.0 Å². The van der Waals surface area contributed by atoms with Gasteiger partial charge in [-0.05, 0) is 50.5 Å². The summed E-state index contributed by atoms with van der Waals surface area (Å²) in [6, 6.07) is 2.56. The summed E-state index contributed by atoms with van der Waals surface area (Å²) < 4.78 is 0. The summed E-state index contributed by atoms with van der Waals surface area (Å²) in [5, 5.41) is 24.3. The summed E-state index contributed by atoms with van der Waals surface area (Å²) in [6.07, 6.45) is 9.62. The normalized spacial score (nSPS) is 28.3. The summed E-state index contributed by atoms with van der Waals surface area (Å²) in [5.41, 5.74) is 2.15. The van der Waals surface area contributed by atoms with Gasteiger partial charge in [0, 0.05) is 24.0 Å². The van der Waals surface area contributed by atoms with Crippen LogP contribution in [0.1, 0.15) is 67.4 Å². The SMILES string of the molecule is N#Cc1c(N2CCC(NC(=O)C3CCCCCC3O)C2)sc2c1CCCC2. The third-order valence-electron chi connectivity index (χ3n) is 6.40. The van der Waals surface area contributed by atoms with Crippen LogP contribution in [0, 0.1) is 17.2 Å². The Kier molecular flexibility index (Phi) is 5.70. The maximum absolute atomic E-state index is 12.7. The highest BCUT2D eigenvalue weighted by Gasteiger charge is 2.33. The van der Waals surface area contributed by atoms with Gasteiger partial charge in [0.2, 0.25) is 5.91 Å². The lowest BCUT2D eigenvalue weighted by atomic mass is 9.96. The number of hydrogen-bond donors (Lipinski definition) is 2. The number of rotatable bonds is 3. The molecule has 2 fully saturated rings. The third-order valence-corrected chi connectivity index (χ3v) is 7.76. The molecule has 4 rings (SSSR count). The van der Waals surface area contributed by atoms with Crippen LogP contribution in [0.15, 0.2) is 0 Å². The largest absolute Gasteiger partial charge is 0.392 e. The number of hydrogen-bond acceptors (Lipinski definition) is 5. The van der Waals surface area contributed by atoms with E-state index in [0.717, 1.165) is 75.0 Å². The smallest absolute Gasteiger partial charge is 0.226 e. The van der Waals surface area contributed by atoms with Gasteiger partial charge < -0.3 is 15.3 Å². The van der Waals surface area contributed by atoms with E-state index in [1.54, 1.807) is 11.3 Å². The molecule has 1 aromatic rings. The predicted molar refractivity (Wildman–Crippen MR) is 107 cm³/mol. The number of nitrogens with one attached hydrogen (secondary N) is 1. The fourth-order valence-electron chi connectivity index (χ4n) is 4.85. The second-order valence-electron chi connectivity index (χ2n) is 8.25. The highest BCUT2D eigenvalue weighted by Crippen LogP contribution is 2.40. The minimum Gasteiger partial charge on any atom is -0.392 e. The molecule has 0 aromatic carbocycles. The Morgan fingerprint density at radius 2 is 1.96 bits per heavy atom. The van der Waals surface area contributed by atoms with Crippen molar-refractivity contribution in [2.24, 2.45) is 5.92 Å². The van der Waals surface area contributed by atoms with Gasteiger partial charge in [-0.1, -0.05) is 19.3 Å². The first kappa shape index (κ1) is 18.8. The Labute approximate surface area is 165 Å². The Balaban J connectivity index is 1.41. The number of aliphatic hydroxyl groups excluding tert-OH is 1. The Morgan fingerprint density at radius 3 is 2.81 bits per heavy atom. The molecule has 1 saturated heterocycles. The third kappa shape index (κ3) is 3.86. The first-order valence-electron chi connectivity index (χ1n) is 10.5. The lowest BCUT2D eigenvalue weighted by Crippen LogP contribution is -2.43. The number of aliphatic hydroxyl groups is 1. The highest BCUT2D eigenvalue weighted by molar-refractivity contribution is 7.16. The topological polar surface area (TPSA) is 76.4 Å². The van der Waals surface area contributed by atoms with Gasteiger partial charge in [-0.2, -0.15) is 5.26 Å². The van der Waals surface area contributed by atoms with Crippen molar-refractivity contribution in [3.05, 3.63) is 16.0 Å². The molecular formula is C21H29N3O2S. The molecule has 1 aromatic heterocycles. The van der Waals surface area contributed by atoms with Crippen LogP contribution in [0.3, 0.4) is 0 Å². The number of carbonyl (C=O) groups excluding carboxylic acids is 1. The summed E-state index contributed by atoms with van der Waals surface area (Å²) in [4.78, 5) is 16.4. The van der Waals surface area contributed by atoms with E-state index in [0.29, 0.717) is 0 Å². The van der Waals surface area contributed by atoms with Gasteiger partial charge in [-0.25, -0.2) is 0 Å². The van der Waals surface area contributed by atoms with Crippen LogP contribution in [0.25, 0.3) is 0 Å². The number of nitrogens with zero attached hydrogens (tertiary/aromatic N) is 2. The van der Waals surface area contributed by atoms with Crippen LogP contribution in [0.4, 0.5) is 5.00 Å². The lowest BCUT2D eigenvalue weighted by molar-refractivity contribution is -0.129. The minimum absolute atomic E-state index is 0.0160. The second-order valence-corrected chi connectivity index (χ2v) is 9.34. The van der Waals surface area contributed by atoms with Crippen molar-refractivity contribution in [2.45, 2.75) is 76.4 Å². The molecule has 1 aliphatic heterocycles. The monoisotopic (exact) mass is 387 g/mol. The number of carbonyl (C=O) groups is 1. The molecule has 1 saturated carbocycles. The molecule has 1 amide bonds. The van der Waals surface area contributed by atoms with Crippen LogP contribution in [-0.2, 0) is 17.6 Å². The van der Waals surface area contributed by atoms with E-state index in [4.69, 9.17) is 0 Å². The number of aryl methyl sites for hydroxylation is 1. The number of fused-ring (bicyclic) bond motifs is 1. The van der Waals surface area contributed by atoms with E-state index in [-0.39, 0.29) is 17.9 Å². The quantitative estimate of drug-likeness (QED) is 0.781. The fourth-order valence-corrected chi connectivity index (χ4v) is 6.23. The average molecular weight is 388 g/mol. The Hall–Kier alpha value is -1.58. The molecule has 0 bridgehead atoms. The zero-order chi connectivity index (χ0) is 18.8. The van der Waals surface area contributed by atoms with Crippen LogP contribution >= 0.6 is 11.3 Å². The van der Waals surface area contributed by atoms with Crippen molar-refractivity contribution in [3.63, 3.8) is 0 Å². The molecule has 2 N–H and O–H groups in total. The van der Waals surface area contributed by atoms with Gasteiger partial charge in [-0.3, -0.25) is 4.79 Å². The molecule has 5 nitrogen and oxygen atoms in total. The number of anilines is 1. The van der Waals surface area contributed by atoms with Crippen molar-refractivity contribution >= 4 is 22.2 Å². The van der Waals surface area contributed by atoms with E-state index in [9.17, 15) is 15.2 Å². The van der Waals surface area contributed by atoms with Gasteiger partial charge in [0.15, 0.2) is 0 Å². The van der Waals surface area contributed by atoms with Gasteiger partial charge in [-0.15, -0.1) is 11.3 Å². The first-order chi connectivity index (χ1) is 13.2. The highest BCUT2D eigenvalue weighted by atomic mass is 32.1. The molecular weight excluding hydrogens is 358 g/mol. The lowest BCUT2D eigenvalue weighted by Gasteiger charge is -2.23. The van der Waals surface area contributed by atoms with Crippen LogP contribution in [0.2, 0.25) is 0 Å². The molecule has 3 unspecified atom stereocenters. The van der Waals surface area contributed by atoms with Crippen molar-refractivity contribution < 1.29 is 9.90 Å². The van der Waals surface area contributed by atoms with Gasteiger partial charge in [0.25, 0.3) is 0 Å². The first-order valence-corrected chi connectivity index (χ1v) is 11.3. The maximum atomic E-state index is 12.7. The zero-order valence-corrected chi connectivity index (χ0v) is 16.7. The standard InChI is InChI=1S/C21H29N3O2S/c22-12-17-15-6-4-5-9-19(15)27-21(17)24-11-10-14(13-24)23-20(26)16-7-2-1-3-8-18(16)25/h14,16,18,25H,1-11,13H2,(H,23,26). The molecule has 3 aliphatic rings. The minimum atomic E-state index is -0.501. The van der Waals surface area contributed by atoms with E-state index >= 15 is 0 Å². The zero-order valence-electron chi connectivity index (χ0n) is 15.9. The summed E-state index contributed by atoms with van der Waals surface area (Å²) in [5.74, 6) is -0.243. The van der Waals surface area contributed by atoms with E-state index in [1.807, 2.05) is 0 Å². The van der Waals surface area contributed by atoms with Gasteiger partial charge >= 0.3 is 0 Å². The van der Waals surface area contributed by atoms with E-state index in [1.165, 1.54) is 23.3 Å². The van der Waals surface area contributed by atoms with Crippen LogP contribution < -0.4 is 10.2 Å². The van der Waals surface area contributed by atoms with Crippen molar-refractivity contribution in [1.29, 1.82) is 5.26 Å². The van der Waals surface area contributed by atoms with Gasteiger partial charge in [0.05, 0.1) is 17.6 Å².